The Morgan fingerprint density at radius 3 is 2.33 bits per heavy atom. The van der Waals surface area contributed by atoms with Gasteiger partial charge in [0.25, 0.3) is 5.69 Å². The number of nitro groups is 1. The lowest BCUT2D eigenvalue weighted by Gasteiger charge is -2.07. The number of rotatable bonds is 4. The number of amidine groups is 1. The summed E-state index contributed by atoms with van der Waals surface area (Å²) in [4.78, 5) is 10.0. The van der Waals surface area contributed by atoms with Crippen LogP contribution in [-0.4, -0.2) is 10.8 Å². The number of nitro benzene ring substituents is 1. The molecular weight excluding hydrogens is 300 g/mol. The average Bonchev–Trinajstić information content (AvgIpc) is 2.42. The molecule has 2 rings (SSSR count). The van der Waals surface area contributed by atoms with Gasteiger partial charge in [-0.05, 0) is 18.2 Å². The summed E-state index contributed by atoms with van der Waals surface area (Å²) in [5, 5.41) is 18.0. The average molecular weight is 309 g/mol. The van der Waals surface area contributed by atoms with Gasteiger partial charge in [-0.3, -0.25) is 15.5 Å². The molecule has 3 N–H and O–H groups in total. The van der Waals surface area contributed by atoms with Crippen molar-refractivity contribution in [2.75, 3.05) is 0 Å². The fourth-order valence-electron chi connectivity index (χ4n) is 1.62. The van der Waals surface area contributed by atoms with E-state index in [0.29, 0.717) is 11.8 Å². The van der Waals surface area contributed by atoms with E-state index in [1.807, 2.05) is 0 Å². The van der Waals surface area contributed by atoms with Gasteiger partial charge in [-0.25, -0.2) is 8.78 Å². The Morgan fingerprint density at radius 2 is 1.81 bits per heavy atom. The van der Waals surface area contributed by atoms with Crippen LogP contribution < -0.4 is 5.73 Å². The molecule has 0 bridgehead atoms. The predicted molar refractivity (Wildman–Crippen MR) is 74.6 cm³/mol. The number of hydrogen-bond acceptors (Lipinski definition) is 4. The maximum atomic E-state index is 13.9. The van der Waals surface area contributed by atoms with Crippen LogP contribution in [0.2, 0.25) is 0 Å². The predicted octanol–water partition coefficient (Wildman–Crippen LogP) is 3.31. The van der Waals surface area contributed by atoms with Gasteiger partial charge in [-0.1, -0.05) is 23.9 Å². The largest absolute Gasteiger partial charge is 0.384 e. The number of hydrogen-bond donors (Lipinski definition) is 2. The van der Waals surface area contributed by atoms with Gasteiger partial charge in [0.2, 0.25) is 0 Å². The molecule has 0 radical (unpaired) electrons. The number of para-hydroxylation sites is 1. The lowest BCUT2D eigenvalue weighted by molar-refractivity contribution is -0.387. The molecule has 5 nitrogen and oxygen atoms in total. The Bertz CT molecular complexity index is 714. The minimum Gasteiger partial charge on any atom is -0.384 e. The summed E-state index contributed by atoms with van der Waals surface area (Å²) in [6, 6.07) is 7.50. The fraction of sp³-hybridized carbons (Fsp3) is 0. The van der Waals surface area contributed by atoms with Gasteiger partial charge in [-0.15, -0.1) is 0 Å². The second-order valence-electron chi connectivity index (χ2n) is 4.01. The molecule has 2 aromatic carbocycles. The third-order valence-corrected chi connectivity index (χ3v) is 3.74. The molecule has 0 unspecified atom stereocenters. The van der Waals surface area contributed by atoms with Crippen molar-refractivity contribution in [3.05, 3.63) is 63.7 Å². The minimum absolute atomic E-state index is 0.0862. The number of nitrogen functional groups attached to an aromatic ring is 1. The zero-order valence-corrected chi connectivity index (χ0v) is 11.3. The Labute approximate surface area is 122 Å². The van der Waals surface area contributed by atoms with E-state index in [1.54, 1.807) is 0 Å². The number of halogens is 2. The first kappa shape index (κ1) is 14.9. The summed E-state index contributed by atoms with van der Waals surface area (Å²) < 4.78 is 27.8. The molecule has 2 aromatic rings. The van der Waals surface area contributed by atoms with E-state index >= 15 is 0 Å². The van der Waals surface area contributed by atoms with Crippen LogP contribution in [0.15, 0.2) is 46.2 Å². The Kier molecular flexibility index (Phi) is 4.18. The van der Waals surface area contributed by atoms with Crippen molar-refractivity contribution >= 4 is 23.3 Å². The molecule has 0 saturated carbocycles. The topological polar surface area (TPSA) is 93.0 Å². The molecule has 0 saturated heterocycles. The van der Waals surface area contributed by atoms with E-state index in [4.69, 9.17) is 11.1 Å². The number of nitrogens with two attached hydrogens (primary N) is 1. The first-order valence-corrected chi connectivity index (χ1v) is 6.46. The van der Waals surface area contributed by atoms with E-state index in [1.165, 1.54) is 24.3 Å². The molecule has 108 valence electrons. The summed E-state index contributed by atoms with van der Waals surface area (Å²) in [7, 11) is 0. The van der Waals surface area contributed by atoms with Crippen molar-refractivity contribution in [1.29, 1.82) is 5.41 Å². The maximum absolute atomic E-state index is 13.9. The van der Waals surface area contributed by atoms with Gasteiger partial charge in [0.15, 0.2) is 0 Å². The summed E-state index contributed by atoms with van der Waals surface area (Å²) >= 11 is 0.613. The first-order valence-electron chi connectivity index (χ1n) is 5.65. The highest BCUT2D eigenvalue weighted by atomic mass is 32.2. The maximum Gasteiger partial charge on any atom is 0.283 e. The highest BCUT2D eigenvalue weighted by Crippen LogP contribution is 2.37. The van der Waals surface area contributed by atoms with E-state index in [9.17, 15) is 18.9 Å². The third-order valence-electron chi connectivity index (χ3n) is 2.58. The van der Waals surface area contributed by atoms with Crippen LogP contribution in [0.25, 0.3) is 0 Å². The molecule has 8 heteroatoms. The van der Waals surface area contributed by atoms with Gasteiger partial charge in [-0.2, -0.15) is 0 Å². The standard InChI is InChI=1S/C13H9F2N3O2S/c14-8-5-7(13(16)17)6-9(15)12(8)21-11-4-2-1-3-10(11)18(19)20/h1-6H,(H3,16,17). The van der Waals surface area contributed by atoms with Crippen molar-refractivity contribution in [2.45, 2.75) is 9.79 Å². The molecule has 0 aliphatic rings. The van der Waals surface area contributed by atoms with Gasteiger partial charge in [0.1, 0.15) is 17.5 Å². The minimum atomic E-state index is -0.927. The quantitative estimate of drug-likeness (QED) is 0.392. The lowest BCUT2D eigenvalue weighted by atomic mass is 10.2. The van der Waals surface area contributed by atoms with Crippen molar-refractivity contribution in [2.24, 2.45) is 5.73 Å². The van der Waals surface area contributed by atoms with Crippen LogP contribution in [0.4, 0.5) is 14.5 Å². The van der Waals surface area contributed by atoms with Gasteiger partial charge < -0.3 is 5.73 Å². The van der Waals surface area contributed by atoms with Crippen molar-refractivity contribution in [1.82, 2.24) is 0 Å². The molecular formula is C13H9F2N3O2S. The molecule has 0 heterocycles. The van der Waals surface area contributed by atoms with Crippen LogP contribution in [-0.2, 0) is 0 Å². The van der Waals surface area contributed by atoms with E-state index in [2.05, 4.69) is 0 Å². The molecule has 0 spiro atoms. The number of nitrogens with one attached hydrogen (secondary N) is 1. The molecule has 0 fully saturated rings. The SMILES string of the molecule is N=C(N)c1cc(F)c(Sc2ccccc2[N+](=O)[O-])c(F)c1. The first-order chi connectivity index (χ1) is 9.90. The summed E-state index contributed by atoms with van der Waals surface area (Å²) in [6.07, 6.45) is 0. The summed E-state index contributed by atoms with van der Waals surface area (Å²) in [5.74, 6) is -2.32. The van der Waals surface area contributed by atoms with E-state index in [-0.39, 0.29) is 21.0 Å². The Balaban J connectivity index is 2.46. The van der Waals surface area contributed by atoms with Gasteiger partial charge in [0, 0.05) is 11.6 Å². The number of benzene rings is 2. The number of nitrogens with zero attached hydrogens (tertiary/aromatic N) is 1. The summed E-state index contributed by atoms with van der Waals surface area (Å²) in [5.41, 5.74) is 4.85. The van der Waals surface area contributed by atoms with Crippen molar-refractivity contribution in [3.8, 4) is 0 Å². The normalized spacial score (nSPS) is 10.4. The van der Waals surface area contributed by atoms with E-state index in [0.717, 1.165) is 12.1 Å². The van der Waals surface area contributed by atoms with Crippen molar-refractivity contribution < 1.29 is 13.7 Å². The highest BCUT2D eigenvalue weighted by Gasteiger charge is 2.19. The van der Waals surface area contributed by atoms with Crippen LogP contribution in [0.5, 0.6) is 0 Å². The van der Waals surface area contributed by atoms with E-state index < -0.39 is 22.4 Å². The Hall–Kier alpha value is -2.48. The molecule has 0 atom stereocenters. The van der Waals surface area contributed by atoms with Crippen molar-refractivity contribution in [3.63, 3.8) is 0 Å². The monoisotopic (exact) mass is 309 g/mol. The zero-order chi connectivity index (χ0) is 15.6. The Morgan fingerprint density at radius 1 is 1.24 bits per heavy atom. The highest BCUT2D eigenvalue weighted by molar-refractivity contribution is 7.99. The second kappa shape index (κ2) is 5.88. The molecule has 0 amide bonds. The van der Waals surface area contributed by atoms with Gasteiger partial charge in [0.05, 0.1) is 14.7 Å². The second-order valence-corrected chi connectivity index (χ2v) is 5.06. The lowest BCUT2D eigenvalue weighted by Crippen LogP contribution is -2.12. The van der Waals surface area contributed by atoms with Gasteiger partial charge >= 0.3 is 0 Å². The zero-order valence-electron chi connectivity index (χ0n) is 10.5. The van der Waals surface area contributed by atoms with Crippen LogP contribution >= 0.6 is 11.8 Å². The smallest absolute Gasteiger partial charge is 0.283 e. The fourth-order valence-corrected chi connectivity index (χ4v) is 2.54. The molecule has 21 heavy (non-hydrogen) atoms. The molecule has 0 aliphatic heterocycles. The summed E-state index contributed by atoms with van der Waals surface area (Å²) in [6.45, 7) is 0. The third kappa shape index (κ3) is 3.16. The van der Waals surface area contributed by atoms with Crippen LogP contribution in [0.3, 0.4) is 0 Å². The molecule has 0 aliphatic carbocycles. The van der Waals surface area contributed by atoms with Crippen LogP contribution in [0, 0.1) is 27.2 Å². The van der Waals surface area contributed by atoms with Crippen LogP contribution in [0.1, 0.15) is 5.56 Å². The molecule has 0 aromatic heterocycles.